The third-order valence-electron chi connectivity index (χ3n) is 2.18. The normalized spacial score (nSPS) is 11.0. The van der Waals surface area contributed by atoms with Gasteiger partial charge in [-0.1, -0.05) is 51.0 Å². The van der Waals surface area contributed by atoms with Crippen molar-refractivity contribution in [2.45, 2.75) is 6.16 Å². The zero-order valence-corrected chi connectivity index (χ0v) is 9.28. The summed E-state index contributed by atoms with van der Waals surface area (Å²) < 4.78 is 12.7. The van der Waals surface area contributed by atoms with Crippen LogP contribution in [0.4, 0.5) is 4.39 Å². The molecule has 2 aromatic carbocycles. The van der Waals surface area contributed by atoms with E-state index in [2.05, 4.69) is 12.1 Å². The molecule has 0 amide bonds. The van der Waals surface area contributed by atoms with E-state index >= 15 is 0 Å². The topological polar surface area (TPSA) is 0 Å². The van der Waals surface area contributed by atoms with E-state index in [9.17, 15) is 4.39 Å². The van der Waals surface area contributed by atoms with Crippen LogP contribution < -0.4 is 5.30 Å². The summed E-state index contributed by atoms with van der Waals surface area (Å²) in [5, 5.41) is 1.35. The Balaban J connectivity index is 1.96. The highest BCUT2D eigenvalue weighted by atomic mass is 31.1. The molecule has 0 aliphatic carbocycles. The summed E-state index contributed by atoms with van der Waals surface area (Å²) in [4.78, 5) is 0. The molecule has 0 aliphatic rings. The summed E-state index contributed by atoms with van der Waals surface area (Å²) in [5.41, 5.74) is 1.19. The number of benzene rings is 2. The highest BCUT2D eigenvalue weighted by Crippen LogP contribution is 2.18. The fraction of sp³-hybridized carbons (Fsp3) is 0.0769. The minimum absolute atomic E-state index is 0.165. The van der Waals surface area contributed by atoms with E-state index < -0.39 is 0 Å². The average Bonchev–Trinajstić information content (AvgIpc) is 2.30. The molecule has 1 atom stereocenters. The Bertz CT molecular complexity index is 408. The largest absolute Gasteiger partial charge is 0.207 e. The van der Waals surface area contributed by atoms with Crippen LogP contribution in [0.15, 0.2) is 54.6 Å². The molecule has 0 radical (unpaired) electrons. The van der Waals surface area contributed by atoms with Gasteiger partial charge in [0.15, 0.2) is 0 Å². The Labute approximate surface area is 90.9 Å². The second-order valence-electron chi connectivity index (χ2n) is 3.35. The Hall–Kier alpha value is -1.20. The van der Waals surface area contributed by atoms with Gasteiger partial charge in [0.2, 0.25) is 0 Å². The molecule has 0 heterocycles. The predicted molar refractivity (Wildman–Crippen MR) is 64.5 cm³/mol. The van der Waals surface area contributed by atoms with Crippen LogP contribution in [-0.2, 0) is 6.16 Å². The van der Waals surface area contributed by atoms with Gasteiger partial charge in [0, 0.05) is 0 Å². The molecule has 0 spiro atoms. The third-order valence-corrected chi connectivity index (χ3v) is 3.51. The van der Waals surface area contributed by atoms with Crippen LogP contribution in [0.25, 0.3) is 0 Å². The number of hydrogen-bond acceptors (Lipinski definition) is 0. The molecular formula is C13H12FP. The van der Waals surface area contributed by atoms with Gasteiger partial charge in [0.05, 0.1) is 0 Å². The SMILES string of the molecule is [18F]c1ccc(CPc2ccccc2)cc1. The summed E-state index contributed by atoms with van der Waals surface area (Å²) in [5.74, 6) is -0.165. The molecule has 1 unspecified atom stereocenters. The quantitative estimate of drug-likeness (QED) is 0.692. The Kier molecular flexibility index (Phi) is 3.47. The molecule has 15 heavy (non-hydrogen) atoms. The van der Waals surface area contributed by atoms with Crippen LogP contribution in [-0.4, -0.2) is 0 Å². The number of rotatable bonds is 3. The van der Waals surface area contributed by atoms with E-state index in [0.29, 0.717) is 0 Å². The third kappa shape index (κ3) is 3.14. The molecule has 0 fully saturated rings. The van der Waals surface area contributed by atoms with Crippen LogP contribution in [0.1, 0.15) is 5.56 Å². The molecule has 0 nitrogen and oxygen atoms in total. The predicted octanol–water partition coefficient (Wildman–Crippen LogP) is 3.33. The zero-order chi connectivity index (χ0) is 10.5. The van der Waals surface area contributed by atoms with E-state index in [-0.39, 0.29) is 5.82 Å². The van der Waals surface area contributed by atoms with Crippen molar-refractivity contribution in [3.8, 4) is 0 Å². The van der Waals surface area contributed by atoms with Crippen molar-refractivity contribution in [3.05, 3.63) is 66.0 Å². The molecule has 2 aromatic rings. The van der Waals surface area contributed by atoms with Gasteiger partial charge in [0.1, 0.15) is 5.82 Å². The lowest BCUT2D eigenvalue weighted by Crippen LogP contribution is -1.92. The molecule has 0 N–H and O–H groups in total. The summed E-state index contributed by atoms with van der Waals surface area (Å²) >= 11 is 0. The van der Waals surface area contributed by atoms with Crippen LogP contribution >= 0.6 is 8.58 Å². The van der Waals surface area contributed by atoms with Crippen molar-refractivity contribution >= 4 is 13.9 Å². The van der Waals surface area contributed by atoms with E-state index in [4.69, 9.17) is 0 Å². The van der Waals surface area contributed by atoms with E-state index in [0.717, 1.165) is 14.7 Å². The van der Waals surface area contributed by atoms with Gasteiger partial charge in [-0.05, 0) is 29.2 Å². The second kappa shape index (κ2) is 5.04. The zero-order valence-electron chi connectivity index (χ0n) is 8.28. The van der Waals surface area contributed by atoms with E-state index in [1.54, 1.807) is 0 Å². The second-order valence-corrected chi connectivity index (χ2v) is 4.63. The molecule has 0 aliphatic heterocycles. The van der Waals surface area contributed by atoms with Crippen molar-refractivity contribution in [3.63, 3.8) is 0 Å². The molecule has 0 saturated carbocycles. The van der Waals surface area contributed by atoms with Gasteiger partial charge in [0.25, 0.3) is 0 Å². The van der Waals surface area contributed by atoms with Crippen molar-refractivity contribution in [2.24, 2.45) is 0 Å². The molecule has 0 saturated heterocycles. The lowest BCUT2D eigenvalue weighted by molar-refractivity contribution is 0.627. The maximum absolute atomic E-state index is 12.7. The van der Waals surface area contributed by atoms with Crippen LogP contribution in [0, 0.1) is 5.82 Å². The Morgan fingerprint density at radius 1 is 0.867 bits per heavy atom. The van der Waals surface area contributed by atoms with Gasteiger partial charge in [-0.15, -0.1) is 0 Å². The van der Waals surface area contributed by atoms with Gasteiger partial charge in [-0.2, -0.15) is 0 Å². The van der Waals surface area contributed by atoms with E-state index in [1.165, 1.54) is 23.0 Å². The Morgan fingerprint density at radius 3 is 2.20 bits per heavy atom. The molecule has 0 bridgehead atoms. The van der Waals surface area contributed by atoms with Crippen molar-refractivity contribution in [1.29, 1.82) is 0 Å². The molecule has 0 aromatic heterocycles. The maximum Gasteiger partial charge on any atom is 0.123 e. The van der Waals surface area contributed by atoms with Gasteiger partial charge >= 0.3 is 0 Å². The highest BCUT2D eigenvalue weighted by molar-refractivity contribution is 7.46. The minimum atomic E-state index is -0.165. The molecule has 2 rings (SSSR count). The van der Waals surface area contributed by atoms with Crippen LogP contribution in [0.5, 0.6) is 0 Å². The van der Waals surface area contributed by atoms with Crippen molar-refractivity contribution in [1.82, 2.24) is 0 Å². The van der Waals surface area contributed by atoms with Crippen molar-refractivity contribution < 1.29 is 4.39 Å². The highest BCUT2D eigenvalue weighted by Gasteiger charge is 1.95. The monoisotopic (exact) mass is 217 g/mol. The standard InChI is InChI=1S/C13H12FP/c14-12-8-6-11(7-9-12)10-15-13-4-2-1-3-5-13/h1-9,15H,10H2/i14-1. The molecular weight excluding hydrogens is 205 g/mol. The Morgan fingerprint density at radius 2 is 1.53 bits per heavy atom. The lowest BCUT2D eigenvalue weighted by Gasteiger charge is -2.01. The number of halogens is 1. The summed E-state index contributed by atoms with van der Waals surface area (Å²) in [6.45, 7) is 0. The first kappa shape index (κ1) is 10.3. The minimum Gasteiger partial charge on any atom is -0.207 e. The number of hydrogen-bond donors (Lipinski definition) is 0. The van der Waals surface area contributed by atoms with Crippen LogP contribution in [0.3, 0.4) is 0 Å². The first-order valence-electron chi connectivity index (χ1n) is 4.88. The maximum atomic E-state index is 12.7. The summed E-state index contributed by atoms with van der Waals surface area (Å²) in [7, 11) is 0.756. The smallest absolute Gasteiger partial charge is 0.123 e. The molecule has 2 heteroatoms. The summed E-state index contributed by atoms with van der Waals surface area (Å²) in [6.07, 6.45) is 0.990. The van der Waals surface area contributed by atoms with Gasteiger partial charge in [-0.3, -0.25) is 0 Å². The average molecular weight is 217 g/mol. The lowest BCUT2D eigenvalue weighted by atomic mass is 10.2. The van der Waals surface area contributed by atoms with Gasteiger partial charge < -0.3 is 0 Å². The van der Waals surface area contributed by atoms with Gasteiger partial charge in [-0.25, -0.2) is 4.39 Å². The fourth-order valence-electron chi connectivity index (χ4n) is 1.36. The summed E-state index contributed by atoms with van der Waals surface area (Å²) in [6, 6.07) is 17.1. The molecule has 76 valence electrons. The fourth-order valence-corrected chi connectivity index (χ4v) is 2.43. The van der Waals surface area contributed by atoms with Crippen LogP contribution in [0.2, 0.25) is 0 Å². The first-order chi connectivity index (χ1) is 7.34. The van der Waals surface area contributed by atoms with Crippen molar-refractivity contribution in [2.75, 3.05) is 0 Å². The first-order valence-corrected chi connectivity index (χ1v) is 6.09. The van der Waals surface area contributed by atoms with E-state index in [1.807, 2.05) is 30.3 Å².